The molecule has 2 aromatic heterocycles. The van der Waals surface area contributed by atoms with Crippen LogP contribution >= 0.6 is 0 Å². The van der Waals surface area contributed by atoms with Crippen LogP contribution < -0.4 is 5.73 Å². The Morgan fingerprint density at radius 1 is 1.04 bits per heavy atom. The highest BCUT2D eigenvalue weighted by Crippen LogP contribution is 2.23. The van der Waals surface area contributed by atoms with Gasteiger partial charge in [0.25, 0.3) is 0 Å². The topological polar surface area (TPSA) is 74.6 Å². The van der Waals surface area contributed by atoms with Gasteiger partial charge in [0.05, 0.1) is 22.9 Å². The normalized spacial score (nSPS) is 11.2. The van der Waals surface area contributed by atoms with Gasteiger partial charge in [-0.05, 0) is 43.3 Å². The van der Waals surface area contributed by atoms with E-state index in [2.05, 4.69) is 25.9 Å². The fourth-order valence-corrected chi connectivity index (χ4v) is 2.63. The number of nitrogens with two attached hydrogens (primary N) is 1. The highest BCUT2D eigenvalue weighted by molar-refractivity contribution is 5.81. The van der Waals surface area contributed by atoms with Gasteiger partial charge in [0.2, 0.25) is 0 Å². The zero-order valence-electron chi connectivity index (χ0n) is 12.9. The van der Waals surface area contributed by atoms with Crippen molar-refractivity contribution in [1.29, 1.82) is 0 Å². The maximum atomic E-state index is 5.71. The van der Waals surface area contributed by atoms with Crippen molar-refractivity contribution in [2.24, 2.45) is 7.05 Å². The number of anilines is 1. The molecule has 4 rings (SSSR count). The molecule has 0 fully saturated rings. The Labute approximate surface area is 133 Å². The van der Waals surface area contributed by atoms with Gasteiger partial charge in [0.15, 0.2) is 0 Å². The smallest absolute Gasteiger partial charge is 0.113 e. The van der Waals surface area contributed by atoms with E-state index in [1.54, 1.807) is 4.68 Å². The lowest BCUT2D eigenvalue weighted by Crippen LogP contribution is -1.95. The van der Waals surface area contributed by atoms with Crippen LogP contribution in [0.15, 0.2) is 48.7 Å². The average Bonchev–Trinajstić information content (AvgIpc) is 3.14. The highest BCUT2D eigenvalue weighted by Gasteiger charge is 2.09. The van der Waals surface area contributed by atoms with Crippen molar-refractivity contribution >= 4 is 16.7 Å². The van der Waals surface area contributed by atoms with Crippen molar-refractivity contribution in [3.63, 3.8) is 0 Å². The van der Waals surface area contributed by atoms with Gasteiger partial charge in [-0.25, -0.2) is 9.67 Å². The van der Waals surface area contributed by atoms with Crippen molar-refractivity contribution < 1.29 is 0 Å². The Morgan fingerprint density at radius 3 is 2.61 bits per heavy atom. The lowest BCUT2D eigenvalue weighted by Gasteiger charge is -2.00. The van der Waals surface area contributed by atoms with Gasteiger partial charge >= 0.3 is 0 Å². The van der Waals surface area contributed by atoms with Gasteiger partial charge in [-0.2, -0.15) is 0 Å². The first-order valence-electron chi connectivity index (χ1n) is 7.33. The molecule has 23 heavy (non-hydrogen) atoms. The molecule has 114 valence electrons. The Morgan fingerprint density at radius 2 is 1.83 bits per heavy atom. The maximum Gasteiger partial charge on any atom is 0.113 e. The standard InChI is InChI=1S/C17H16N6/c1-11-19-15-9-12(3-8-17(15)22(11)2)16-10-23(21-20-16)14-6-4-13(18)5-7-14/h3-10H,18H2,1-2H3. The largest absolute Gasteiger partial charge is 0.399 e. The average molecular weight is 304 g/mol. The van der Waals surface area contributed by atoms with Gasteiger partial charge in [-0.1, -0.05) is 11.3 Å². The zero-order valence-corrected chi connectivity index (χ0v) is 12.9. The number of benzene rings is 2. The van der Waals surface area contributed by atoms with Crippen LogP contribution in [0.4, 0.5) is 5.69 Å². The molecule has 0 radical (unpaired) electrons. The number of aromatic nitrogens is 5. The van der Waals surface area contributed by atoms with Crippen LogP contribution in [0.1, 0.15) is 5.82 Å². The first kappa shape index (κ1) is 13.5. The van der Waals surface area contributed by atoms with Gasteiger partial charge in [0.1, 0.15) is 11.5 Å². The van der Waals surface area contributed by atoms with Gasteiger partial charge in [0, 0.05) is 18.3 Å². The van der Waals surface area contributed by atoms with E-state index in [9.17, 15) is 0 Å². The monoisotopic (exact) mass is 304 g/mol. The van der Waals surface area contributed by atoms with Crippen LogP contribution in [-0.4, -0.2) is 24.5 Å². The fourth-order valence-electron chi connectivity index (χ4n) is 2.63. The molecule has 0 atom stereocenters. The number of nitrogen functional groups attached to an aromatic ring is 1. The van der Waals surface area contributed by atoms with Crippen LogP contribution in [0.2, 0.25) is 0 Å². The predicted octanol–water partition coefficient (Wildman–Crippen LogP) is 2.71. The molecule has 0 aliphatic heterocycles. The highest BCUT2D eigenvalue weighted by atomic mass is 15.4. The lowest BCUT2D eigenvalue weighted by molar-refractivity contribution is 0.804. The van der Waals surface area contributed by atoms with Crippen molar-refractivity contribution in [1.82, 2.24) is 24.5 Å². The van der Waals surface area contributed by atoms with Crippen molar-refractivity contribution in [3.05, 3.63) is 54.5 Å². The van der Waals surface area contributed by atoms with E-state index in [0.717, 1.165) is 39.5 Å². The molecular formula is C17H16N6. The Bertz CT molecular complexity index is 994. The van der Waals surface area contributed by atoms with Gasteiger partial charge in [-0.3, -0.25) is 0 Å². The minimum Gasteiger partial charge on any atom is -0.399 e. The molecular weight excluding hydrogens is 288 g/mol. The first-order chi connectivity index (χ1) is 11.1. The molecule has 4 aromatic rings. The summed E-state index contributed by atoms with van der Waals surface area (Å²) in [7, 11) is 2.02. The molecule has 2 heterocycles. The minimum atomic E-state index is 0.727. The Balaban J connectivity index is 1.75. The molecule has 2 N–H and O–H groups in total. The third-order valence-corrected chi connectivity index (χ3v) is 4.05. The van der Waals surface area contributed by atoms with Crippen molar-refractivity contribution in [2.45, 2.75) is 6.92 Å². The van der Waals surface area contributed by atoms with Crippen molar-refractivity contribution in [2.75, 3.05) is 5.73 Å². The predicted molar refractivity (Wildman–Crippen MR) is 90.2 cm³/mol. The summed E-state index contributed by atoms with van der Waals surface area (Å²) in [5, 5.41) is 8.46. The molecule has 0 unspecified atom stereocenters. The third-order valence-electron chi connectivity index (χ3n) is 4.05. The van der Waals surface area contributed by atoms with E-state index in [0.29, 0.717) is 0 Å². The molecule has 0 amide bonds. The molecule has 6 heteroatoms. The quantitative estimate of drug-likeness (QED) is 0.578. The van der Waals surface area contributed by atoms with Crippen LogP contribution in [0.5, 0.6) is 0 Å². The van der Waals surface area contributed by atoms with E-state index in [1.165, 1.54) is 0 Å². The summed E-state index contributed by atoms with van der Waals surface area (Å²) in [5.41, 5.74) is 11.2. The molecule has 0 bridgehead atoms. The zero-order chi connectivity index (χ0) is 16.0. The summed E-state index contributed by atoms with van der Waals surface area (Å²) < 4.78 is 3.81. The summed E-state index contributed by atoms with van der Waals surface area (Å²) in [6.45, 7) is 2.00. The van der Waals surface area contributed by atoms with E-state index in [1.807, 2.05) is 56.6 Å². The second kappa shape index (κ2) is 4.95. The second-order valence-electron chi connectivity index (χ2n) is 5.56. The summed E-state index contributed by atoms with van der Waals surface area (Å²) in [4.78, 5) is 4.57. The van der Waals surface area contributed by atoms with E-state index < -0.39 is 0 Å². The van der Waals surface area contributed by atoms with Crippen molar-refractivity contribution in [3.8, 4) is 16.9 Å². The number of nitrogens with zero attached hydrogens (tertiary/aromatic N) is 5. The van der Waals surface area contributed by atoms with Crippen LogP contribution in [-0.2, 0) is 7.05 Å². The first-order valence-corrected chi connectivity index (χ1v) is 7.33. The summed E-state index contributed by atoms with van der Waals surface area (Å²) >= 11 is 0. The number of imidazole rings is 1. The molecule has 6 nitrogen and oxygen atoms in total. The summed E-state index contributed by atoms with van der Waals surface area (Å²) in [6.07, 6.45) is 1.91. The van der Waals surface area contributed by atoms with Crippen LogP contribution in [0, 0.1) is 6.92 Å². The van der Waals surface area contributed by atoms with E-state index in [-0.39, 0.29) is 0 Å². The number of fused-ring (bicyclic) bond motifs is 1. The molecule has 0 saturated heterocycles. The maximum absolute atomic E-state index is 5.71. The minimum absolute atomic E-state index is 0.727. The third kappa shape index (κ3) is 2.24. The lowest BCUT2D eigenvalue weighted by atomic mass is 10.1. The van der Waals surface area contributed by atoms with E-state index >= 15 is 0 Å². The van der Waals surface area contributed by atoms with Gasteiger partial charge in [-0.15, -0.1) is 5.10 Å². The second-order valence-corrected chi connectivity index (χ2v) is 5.56. The number of aryl methyl sites for hydroxylation is 2. The Kier molecular flexibility index (Phi) is 2.90. The number of rotatable bonds is 2. The molecule has 0 aliphatic carbocycles. The summed E-state index contributed by atoms with van der Waals surface area (Å²) in [5.74, 6) is 0.989. The van der Waals surface area contributed by atoms with Crippen LogP contribution in [0.3, 0.4) is 0 Å². The fraction of sp³-hybridized carbons (Fsp3) is 0.118. The Hall–Kier alpha value is -3.15. The van der Waals surface area contributed by atoms with Crippen LogP contribution in [0.25, 0.3) is 28.0 Å². The SMILES string of the molecule is Cc1nc2cc(-c3cn(-c4ccc(N)cc4)nn3)ccc2n1C. The van der Waals surface area contributed by atoms with Gasteiger partial charge < -0.3 is 10.3 Å². The molecule has 0 spiro atoms. The summed E-state index contributed by atoms with van der Waals surface area (Å²) in [6, 6.07) is 13.7. The number of hydrogen-bond donors (Lipinski definition) is 1. The molecule has 0 aliphatic rings. The molecule has 0 saturated carbocycles. The number of hydrogen-bond acceptors (Lipinski definition) is 4. The van der Waals surface area contributed by atoms with E-state index in [4.69, 9.17) is 5.73 Å². The molecule has 2 aromatic carbocycles.